The summed E-state index contributed by atoms with van der Waals surface area (Å²) in [6.45, 7) is 5.11. The Labute approximate surface area is 112 Å². The van der Waals surface area contributed by atoms with Crippen LogP contribution in [0.15, 0.2) is 12.1 Å². The van der Waals surface area contributed by atoms with E-state index in [0.717, 1.165) is 22.4 Å². The van der Waals surface area contributed by atoms with Crippen molar-refractivity contribution >= 4 is 11.9 Å². The quantitative estimate of drug-likeness (QED) is 0.844. The third kappa shape index (κ3) is 3.98. The van der Waals surface area contributed by atoms with E-state index in [0.29, 0.717) is 0 Å². The van der Waals surface area contributed by atoms with Gasteiger partial charge in [-0.3, -0.25) is 4.79 Å². The predicted molar refractivity (Wildman–Crippen MR) is 71.4 cm³/mol. The van der Waals surface area contributed by atoms with Crippen LogP contribution in [0.1, 0.15) is 23.6 Å². The number of methoxy groups -OCH3 is 1. The number of ether oxygens (including phenoxy) is 1. The maximum atomic E-state index is 11.1. The molecule has 0 aliphatic heterocycles. The van der Waals surface area contributed by atoms with Crippen molar-refractivity contribution in [2.75, 3.05) is 7.11 Å². The molecule has 1 aromatic rings. The summed E-state index contributed by atoms with van der Waals surface area (Å²) in [5.41, 5.74) is 2.82. The number of rotatable bonds is 5. The topological polar surface area (TPSA) is 75.6 Å². The van der Waals surface area contributed by atoms with Crippen molar-refractivity contribution in [3.63, 3.8) is 0 Å². The third-order valence-corrected chi connectivity index (χ3v) is 2.99. The summed E-state index contributed by atoms with van der Waals surface area (Å²) < 4.78 is 5.16. The van der Waals surface area contributed by atoms with Crippen LogP contribution < -0.4 is 10.1 Å². The molecule has 0 saturated carbocycles. The number of aliphatic carboxylic acids is 1. The van der Waals surface area contributed by atoms with Crippen LogP contribution in [0.25, 0.3) is 0 Å². The van der Waals surface area contributed by atoms with Gasteiger partial charge in [0.15, 0.2) is 0 Å². The van der Waals surface area contributed by atoms with Gasteiger partial charge in [-0.15, -0.1) is 0 Å². The van der Waals surface area contributed by atoms with E-state index in [1.54, 1.807) is 7.11 Å². The Morgan fingerprint density at radius 2 is 1.84 bits per heavy atom. The molecule has 1 amide bonds. The Morgan fingerprint density at radius 3 is 2.21 bits per heavy atom. The van der Waals surface area contributed by atoms with E-state index in [-0.39, 0.29) is 12.3 Å². The minimum Gasteiger partial charge on any atom is -0.497 e. The zero-order valence-corrected chi connectivity index (χ0v) is 11.6. The molecule has 0 heterocycles. The van der Waals surface area contributed by atoms with E-state index in [4.69, 9.17) is 9.84 Å². The van der Waals surface area contributed by atoms with Gasteiger partial charge in [-0.05, 0) is 42.7 Å². The molecule has 0 saturated heterocycles. The zero-order valence-electron chi connectivity index (χ0n) is 11.6. The largest absolute Gasteiger partial charge is 0.497 e. The summed E-state index contributed by atoms with van der Waals surface area (Å²) in [6.07, 6.45) is 0.260. The first-order valence-corrected chi connectivity index (χ1v) is 5.99. The van der Waals surface area contributed by atoms with Crippen LogP contribution in [0.2, 0.25) is 0 Å². The average Bonchev–Trinajstić information content (AvgIpc) is 2.31. The molecule has 0 aliphatic rings. The number of nitrogens with one attached hydrogen (secondary N) is 1. The standard InChI is InChI=1S/C14H19NO4/c1-8-5-11(19-4)6-9(2)12(8)7-13(14(17)18)15-10(3)16/h5-6,13H,7H2,1-4H3,(H,15,16)(H,17,18)/t13-/m0/s1. The lowest BCUT2D eigenvalue weighted by Gasteiger charge is -2.17. The Bertz CT molecular complexity index is 473. The van der Waals surface area contributed by atoms with Crippen molar-refractivity contribution < 1.29 is 19.4 Å². The summed E-state index contributed by atoms with van der Waals surface area (Å²) >= 11 is 0. The molecule has 1 aromatic carbocycles. The molecule has 0 spiro atoms. The lowest BCUT2D eigenvalue weighted by atomic mass is 9.96. The van der Waals surface area contributed by atoms with Gasteiger partial charge in [0.25, 0.3) is 0 Å². The number of hydrogen-bond donors (Lipinski definition) is 2. The fraction of sp³-hybridized carbons (Fsp3) is 0.429. The fourth-order valence-corrected chi connectivity index (χ4v) is 2.04. The average molecular weight is 265 g/mol. The molecular formula is C14H19NO4. The van der Waals surface area contributed by atoms with Crippen molar-refractivity contribution in [1.29, 1.82) is 0 Å². The molecule has 1 atom stereocenters. The lowest BCUT2D eigenvalue weighted by molar-refractivity contribution is -0.141. The van der Waals surface area contributed by atoms with Gasteiger partial charge in [-0.2, -0.15) is 0 Å². The van der Waals surface area contributed by atoms with Crippen molar-refractivity contribution in [2.45, 2.75) is 33.2 Å². The summed E-state index contributed by atoms with van der Waals surface area (Å²) in [6, 6.07) is 2.80. The number of benzene rings is 1. The van der Waals surface area contributed by atoms with Crippen LogP contribution in [0, 0.1) is 13.8 Å². The van der Waals surface area contributed by atoms with E-state index in [1.807, 2.05) is 26.0 Å². The number of aryl methyl sites for hydroxylation is 2. The van der Waals surface area contributed by atoms with Gasteiger partial charge < -0.3 is 15.2 Å². The van der Waals surface area contributed by atoms with Crippen molar-refractivity contribution in [3.05, 3.63) is 28.8 Å². The second-order valence-corrected chi connectivity index (χ2v) is 4.54. The smallest absolute Gasteiger partial charge is 0.326 e. The molecule has 5 nitrogen and oxygen atoms in total. The van der Waals surface area contributed by atoms with Crippen LogP contribution in [0.3, 0.4) is 0 Å². The number of hydrogen-bond acceptors (Lipinski definition) is 3. The van der Waals surface area contributed by atoms with Crippen LogP contribution in [-0.4, -0.2) is 30.1 Å². The SMILES string of the molecule is COc1cc(C)c(C[C@H](NC(C)=O)C(=O)O)c(C)c1. The van der Waals surface area contributed by atoms with Gasteiger partial charge in [0.1, 0.15) is 11.8 Å². The van der Waals surface area contributed by atoms with Gasteiger partial charge >= 0.3 is 5.97 Å². The summed E-state index contributed by atoms with van der Waals surface area (Å²) in [5.74, 6) is -0.647. The number of carboxylic acid groups (broad SMARTS) is 1. The fourth-order valence-electron chi connectivity index (χ4n) is 2.04. The molecule has 0 unspecified atom stereocenters. The molecule has 0 aromatic heterocycles. The molecule has 5 heteroatoms. The van der Waals surface area contributed by atoms with E-state index in [9.17, 15) is 9.59 Å². The number of carbonyl (C=O) groups excluding carboxylic acids is 1. The zero-order chi connectivity index (χ0) is 14.6. The van der Waals surface area contributed by atoms with Crippen LogP contribution >= 0.6 is 0 Å². The maximum Gasteiger partial charge on any atom is 0.326 e. The van der Waals surface area contributed by atoms with Gasteiger partial charge in [-0.25, -0.2) is 4.79 Å². The van der Waals surface area contributed by atoms with Crippen molar-refractivity contribution in [3.8, 4) is 5.75 Å². The molecule has 104 valence electrons. The minimum absolute atomic E-state index is 0.260. The third-order valence-electron chi connectivity index (χ3n) is 2.99. The molecule has 0 bridgehead atoms. The van der Waals surface area contributed by atoms with Gasteiger partial charge in [0.05, 0.1) is 7.11 Å². The maximum absolute atomic E-state index is 11.1. The second-order valence-electron chi connectivity index (χ2n) is 4.54. The van der Waals surface area contributed by atoms with Crippen molar-refractivity contribution in [2.24, 2.45) is 0 Å². The molecule has 2 N–H and O–H groups in total. The highest BCUT2D eigenvalue weighted by molar-refractivity contribution is 5.82. The molecule has 0 aliphatic carbocycles. The van der Waals surface area contributed by atoms with E-state index in [2.05, 4.69) is 5.32 Å². The van der Waals surface area contributed by atoms with E-state index >= 15 is 0 Å². The molecule has 1 rings (SSSR count). The first-order valence-electron chi connectivity index (χ1n) is 5.99. The molecule has 19 heavy (non-hydrogen) atoms. The number of amides is 1. The molecule has 0 radical (unpaired) electrons. The monoisotopic (exact) mass is 265 g/mol. The Hall–Kier alpha value is -2.04. The van der Waals surface area contributed by atoms with E-state index in [1.165, 1.54) is 6.92 Å². The van der Waals surface area contributed by atoms with Crippen LogP contribution in [0.5, 0.6) is 5.75 Å². The van der Waals surface area contributed by atoms with Gasteiger partial charge in [-0.1, -0.05) is 0 Å². The highest BCUT2D eigenvalue weighted by Crippen LogP contribution is 2.22. The highest BCUT2D eigenvalue weighted by Gasteiger charge is 2.21. The second kappa shape index (κ2) is 6.22. The minimum atomic E-state index is -1.04. The normalized spacial score (nSPS) is 11.8. The number of carbonyl (C=O) groups is 2. The van der Waals surface area contributed by atoms with Crippen molar-refractivity contribution in [1.82, 2.24) is 5.32 Å². The Kier molecular flexibility index (Phi) is 4.92. The van der Waals surface area contributed by atoms with Gasteiger partial charge in [0, 0.05) is 13.3 Å². The van der Waals surface area contributed by atoms with E-state index < -0.39 is 12.0 Å². The molecule has 0 fully saturated rings. The summed E-state index contributed by atoms with van der Waals surface area (Å²) in [7, 11) is 1.59. The summed E-state index contributed by atoms with van der Waals surface area (Å²) in [4.78, 5) is 22.2. The highest BCUT2D eigenvalue weighted by atomic mass is 16.5. The first-order chi connectivity index (χ1) is 8.85. The van der Waals surface area contributed by atoms with Crippen LogP contribution in [-0.2, 0) is 16.0 Å². The lowest BCUT2D eigenvalue weighted by Crippen LogP contribution is -2.41. The Morgan fingerprint density at radius 1 is 1.32 bits per heavy atom. The Balaban J connectivity index is 3.02. The predicted octanol–water partition coefficient (Wildman–Crippen LogP) is 1.44. The first kappa shape index (κ1) is 15.0. The summed E-state index contributed by atoms with van der Waals surface area (Å²) in [5, 5.41) is 11.6. The molecular weight excluding hydrogens is 246 g/mol. The van der Waals surface area contributed by atoms with Crippen LogP contribution in [0.4, 0.5) is 0 Å². The van der Waals surface area contributed by atoms with Gasteiger partial charge in [0.2, 0.25) is 5.91 Å². The number of carboxylic acids is 1.